The van der Waals surface area contributed by atoms with Gasteiger partial charge in [0, 0.05) is 6.07 Å². The zero-order chi connectivity index (χ0) is 10.8. The zero-order valence-electron chi connectivity index (χ0n) is 8.47. The standard InChI is InChI=1S/C10H13N3OS/c1-7-4-9(15-6-7)8-5-10(11)13(12-8)2-3-14/h4-6,14H,2-3,11H2,1H3. The molecule has 0 radical (unpaired) electrons. The Labute approximate surface area is 92.0 Å². The fraction of sp³-hybridized carbons (Fsp3) is 0.300. The van der Waals surface area contributed by atoms with E-state index in [1.807, 2.05) is 13.0 Å². The maximum absolute atomic E-state index is 8.81. The van der Waals surface area contributed by atoms with Crippen LogP contribution in [0.1, 0.15) is 5.56 Å². The molecule has 2 heterocycles. The topological polar surface area (TPSA) is 64.1 Å². The lowest BCUT2D eigenvalue weighted by atomic mass is 10.3. The van der Waals surface area contributed by atoms with Gasteiger partial charge in [0.1, 0.15) is 11.5 Å². The van der Waals surface area contributed by atoms with Crippen LogP contribution in [0.25, 0.3) is 10.6 Å². The van der Waals surface area contributed by atoms with E-state index in [9.17, 15) is 0 Å². The van der Waals surface area contributed by atoms with Gasteiger partial charge >= 0.3 is 0 Å². The summed E-state index contributed by atoms with van der Waals surface area (Å²) >= 11 is 1.65. The van der Waals surface area contributed by atoms with E-state index in [0.29, 0.717) is 12.4 Å². The van der Waals surface area contributed by atoms with Crippen LogP contribution in [-0.4, -0.2) is 21.5 Å². The maximum atomic E-state index is 8.81. The molecular weight excluding hydrogens is 210 g/mol. The van der Waals surface area contributed by atoms with Crippen molar-refractivity contribution in [1.29, 1.82) is 0 Å². The van der Waals surface area contributed by atoms with Crippen molar-refractivity contribution in [2.45, 2.75) is 13.5 Å². The summed E-state index contributed by atoms with van der Waals surface area (Å²) in [6.45, 7) is 2.54. The number of nitrogens with zero attached hydrogens (tertiary/aromatic N) is 2. The third kappa shape index (κ3) is 2.03. The van der Waals surface area contributed by atoms with Crippen molar-refractivity contribution < 1.29 is 5.11 Å². The first kappa shape index (κ1) is 10.2. The number of rotatable bonds is 3. The quantitative estimate of drug-likeness (QED) is 0.828. The van der Waals surface area contributed by atoms with Crippen LogP contribution < -0.4 is 5.73 Å². The Kier molecular flexibility index (Phi) is 2.75. The first-order chi connectivity index (χ1) is 7.20. The van der Waals surface area contributed by atoms with Crippen molar-refractivity contribution in [3.05, 3.63) is 23.1 Å². The van der Waals surface area contributed by atoms with Crippen LogP contribution in [0.5, 0.6) is 0 Å². The summed E-state index contributed by atoms with van der Waals surface area (Å²) in [5.41, 5.74) is 7.87. The van der Waals surface area contributed by atoms with E-state index in [4.69, 9.17) is 10.8 Å². The van der Waals surface area contributed by atoms with E-state index in [0.717, 1.165) is 10.6 Å². The number of aromatic nitrogens is 2. The molecular formula is C10H13N3OS. The van der Waals surface area contributed by atoms with E-state index in [1.54, 1.807) is 16.0 Å². The molecule has 2 rings (SSSR count). The number of hydrogen-bond donors (Lipinski definition) is 2. The molecule has 0 amide bonds. The van der Waals surface area contributed by atoms with Crippen LogP contribution in [0.2, 0.25) is 0 Å². The Balaban J connectivity index is 2.33. The number of anilines is 1. The van der Waals surface area contributed by atoms with Crippen LogP contribution in [-0.2, 0) is 6.54 Å². The Bertz CT molecular complexity index is 461. The number of hydrogen-bond acceptors (Lipinski definition) is 4. The number of thiophene rings is 1. The highest BCUT2D eigenvalue weighted by molar-refractivity contribution is 7.13. The van der Waals surface area contributed by atoms with E-state index in [2.05, 4.69) is 16.5 Å². The summed E-state index contributed by atoms with van der Waals surface area (Å²) in [7, 11) is 0. The third-order valence-corrected chi connectivity index (χ3v) is 3.18. The smallest absolute Gasteiger partial charge is 0.122 e. The number of nitrogen functional groups attached to an aromatic ring is 1. The predicted molar refractivity (Wildman–Crippen MR) is 61.8 cm³/mol. The molecule has 15 heavy (non-hydrogen) atoms. The fourth-order valence-corrected chi connectivity index (χ4v) is 2.25. The molecule has 2 aromatic heterocycles. The molecule has 0 saturated carbocycles. The molecule has 3 N–H and O–H groups in total. The molecule has 5 heteroatoms. The van der Waals surface area contributed by atoms with Crippen LogP contribution in [0.4, 0.5) is 5.82 Å². The summed E-state index contributed by atoms with van der Waals surface area (Å²) < 4.78 is 1.62. The highest BCUT2D eigenvalue weighted by Gasteiger charge is 2.08. The van der Waals surface area contributed by atoms with Gasteiger partial charge in [0.2, 0.25) is 0 Å². The molecule has 4 nitrogen and oxygen atoms in total. The van der Waals surface area contributed by atoms with Crippen LogP contribution in [0, 0.1) is 6.92 Å². The van der Waals surface area contributed by atoms with Gasteiger partial charge in [-0.15, -0.1) is 11.3 Å². The fourth-order valence-electron chi connectivity index (χ4n) is 1.39. The minimum absolute atomic E-state index is 0.0504. The van der Waals surface area contributed by atoms with Crippen molar-refractivity contribution >= 4 is 17.2 Å². The molecule has 0 fully saturated rings. The van der Waals surface area contributed by atoms with Gasteiger partial charge < -0.3 is 10.8 Å². The number of aliphatic hydroxyl groups is 1. The molecule has 0 aromatic carbocycles. The number of aliphatic hydroxyl groups excluding tert-OH is 1. The molecule has 0 atom stereocenters. The van der Waals surface area contributed by atoms with Crippen molar-refractivity contribution in [2.24, 2.45) is 0 Å². The van der Waals surface area contributed by atoms with Gasteiger partial charge in [-0.2, -0.15) is 5.10 Å². The molecule has 0 aliphatic heterocycles. The average molecular weight is 223 g/mol. The highest BCUT2D eigenvalue weighted by atomic mass is 32.1. The van der Waals surface area contributed by atoms with Crippen LogP contribution in [0.3, 0.4) is 0 Å². The molecule has 0 unspecified atom stereocenters. The van der Waals surface area contributed by atoms with Crippen LogP contribution >= 0.6 is 11.3 Å². The second-order valence-corrected chi connectivity index (χ2v) is 4.30. The maximum Gasteiger partial charge on any atom is 0.122 e. The molecule has 80 valence electrons. The van der Waals surface area contributed by atoms with Crippen molar-refractivity contribution in [2.75, 3.05) is 12.3 Å². The van der Waals surface area contributed by atoms with Crippen molar-refractivity contribution in [3.8, 4) is 10.6 Å². The third-order valence-electron chi connectivity index (χ3n) is 2.11. The second-order valence-electron chi connectivity index (χ2n) is 3.39. The lowest BCUT2D eigenvalue weighted by Crippen LogP contribution is -2.07. The second kappa shape index (κ2) is 4.04. The molecule has 0 aliphatic rings. The predicted octanol–water partition coefficient (Wildman–Crippen LogP) is 1.49. The molecule has 0 aliphatic carbocycles. The lowest BCUT2D eigenvalue weighted by molar-refractivity contribution is 0.270. The van der Waals surface area contributed by atoms with Crippen LogP contribution in [0.15, 0.2) is 17.5 Å². The van der Waals surface area contributed by atoms with Gasteiger partial charge in [0.05, 0.1) is 18.0 Å². The molecule has 0 bridgehead atoms. The van der Waals surface area contributed by atoms with E-state index >= 15 is 0 Å². The largest absolute Gasteiger partial charge is 0.394 e. The number of nitrogens with two attached hydrogens (primary N) is 1. The highest BCUT2D eigenvalue weighted by Crippen LogP contribution is 2.26. The Hall–Kier alpha value is -1.33. The van der Waals surface area contributed by atoms with Gasteiger partial charge in [-0.25, -0.2) is 4.68 Å². The number of aryl methyl sites for hydroxylation is 1. The van der Waals surface area contributed by atoms with Gasteiger partial charge in [-0.1, -0.05) is 0 Å². The monoisotopic (exact) mass is 223 g/mol. The van der Waals surface area contributed by atoms with Gasteiger partial charge in [0.15, 0.2) is 0 Å². The summed E-state index contributed by atoms with van der Waals surface area (Å²) in [6, 6.07) is 3.91. The van der Waals surface area contributed by atoms with Gasteiger partial charge in [-0.3, -0.25) is 0 Å². The first-order valence-electron chi connectivity index (χ1n) is 4.70. The van der Waals surface area contributed by atoms with E-state index < -0.39 is 0 Å². The Morgan fingerprint density at radius 3 is 2.93 bits per heavy atom. The average Bonchev–Trinajstić information content (AvgIpc) is 2.75. The van der Waals surface area contributed by atoms with Gasteiger partial charge in [0.25, 0.3) is 0 Å². The van der Waals surface area contributed by atoms with E-state index in [-0.39, 0.29) is 6.61 Å². The normalized spacial score (nSPS) is 10.8. The minimum atomic E-state index is 0.0504. The van der Waals surface area contributed by atoms with Gasteiger partial charge in [-0.05, 0) is 23.9 Å². The summed E-state index contributed by atoms with van der Waals surface area (Å²) in [5, 5.41) is 15.2. The summed E-state index contributed by atoms with van der Waals surface area (Å²) in [4.78, 5) is 1.11. The minimum Gasteiger partial charge on any atom is -0.394 e. The summed E-state index contributed by atoms with van der Waals surface area (Å²) in [5.74, 6) is 0.588. The lowest BCUT2D eigenvalue weighted by Gasteiger charge is -1.98. The van der Waals surface area contributed by atoms with Crippen molar-refractivity contribution in [3.63, 3.8) is 0 Å². The zero-order valence-corrected chi connectivity index (χ0v) is 9.29. The molecule has 0 spiro atoms. The Morgan fingerprint density at radius 1 is 1.53 bits per heavy atom. The SMILES string of the molecule is Cc1csc(-c2cc(N)n(CCO)n2)c1. The molecule has 0 saturated heterocycles. The van der Waals surface area contributed by atoms with Crippen molar-refractivity contribution in [1.82, 2.24) is 9.78 Å². The van der Waals surface area contributed by atoms with E-state index in [1.165, 1.54) is 5.56 Å². The Morgan fingerprint density at radius 2 is 2.33 bits per heavy atom. The first-order valence-corrected chi connectivity index (χ1v) is 5.58. The molecule has 2 aromatic rings. The summed E-state index contributed by atoms with van der Waals surface area (Å²) in [6.07, 6.45) is 0.